The van der Waals surface area contributed by atoms with Crippen molar-refractivity contribution in [3.8, 4) is 28.5 Å². The fraction of sp³-hybridized carbons (Fsp3) is 0.490. The van der Waals surface area contributed by atoms with Crippen molar-refractivity contribution >= 4 is 35.2 Å². The molecule has 700 valence electrons. The number of likely N-dealkylation sites (N-methyl/N-ethyl adjacent to an activating group) is 3. The molecule has 4 spiro atoms. The molecular formula is C96H115F11N14O9. The minimum Gasteiger partial charge on any atom is -0.508 e. The first-order valence-corrected chi connectivity index (χ1v) is 44.4. The average molecular weight is 1820 g/mol. The number of aromatic nitrogens is 6. The van der Waals surface area contributed by atoms with Gasteiger partial charge in [-0.1, -0.05) is 6.07 Å². The fourth-order valence-corrected chi connectivity index (χ4v) is 20.7. The first kappa shape index (κ1) is 93.6. The first-order chi connectivity index (χ1) is 61.5. The van der Waals surface area contributed by atoms with E-state index in [1.54, 1.807) is 88.9 Å². The number of nitrogens with one attached hydrogen (secondary N) is 1. The van der Waals surface area contributed by atoms with Gasteiger partial charge in [-0.3, -0.25) is 48.1 Å². The van der Waals surface area contributed by atoms with Crippen molar-refractivity contribution in [1.29, 1.82) is 0 Å². The van der Waals surface area contributed by atoms with Crippen molar-refractivity contribution in [2.75, 3.05) is 99.7 Å². The zero-order valence-corrected chi connectivity index (χ0v) is 74.9. The number of fused-ring (bicyclic) bond motifs is 8. The van der Waals surface area contributed by atoms with Gasteiger partial charge in [0.05, 0.1) is 58.0 Å². The lowest BCUT2D eigenvalue weighted by Gasteiger charge is -2.52. The number of alkyl halides is 10. The summed E-state index contributed by atoms with van der Waals surface area (Å²) in [5, 5.41) is 17.3. The summed E-state index contributed by atoms with van der Waals surface area (Å²) in [5.74, 6) is -1.52. The predicted molar refractivity (Wildman–Crippen MR) is 468 cm³/mol. The normalized spacial score (nSPS) is 20.2. The molecule has 2 atom stereocenters. The van der Waals surface area contributed by atoms with Crippen LogP contribution in [0.25, 0.3) is 11.3 Å². The zero-order chi connectivity index (χ0) is 93.4. The number of aryl methyl sites for hydroxylation is 4. The van der Waals surface area contributed by atoms with Gasteiger partial charge in [0.2, 0.25) is 0 Å². The highest BCUT2D eigenvalue weighted by Gasteiger charge is 2.55. The number of rotatable bonds is 12. The van der Waals surface area contributed by atoms with Crippen LogP contribution in [-0.2, 0) is 67.7 Å². The van der Waals surface area contributed by atoms with Gasteiger partial charge in [0.15, 0.2) is 17.3 Å². The number of ketones is 2. The molecule has 4 saturated heterocycles. The Morgan fingerprint density at radius 2 is 0.915 bits per heavy atom. The molecule has 2 N–H and O–H groups in total. The third-order valence-electron chi connectivity index (χ3n) is 27.9. The summed E-state index contributed by atoms with van der Waals surface area (Å²) in [6.45, 7) is 19.9. The second kappa shape index (κ2) is 36.2. The Morgan fingerprint density at radius 1 is 0.469 bits per heavy atom. The number of halogens is 11. The van der Waals surface area contributed by atoms with E-state index in [2.05, 4.69) is 37.9 Å². The van der Waals surface area contributed by atoms with Crippen LogP contribution in [0.15, 0.2) is 134 Å². The van der Waals surface area contributed by atoms with Crippen LogP contribution in [0.1, 0.15) is 202 Å². The molecule has 9 aliphatic rings. The SMILES string of the molecule is CC(C)Oc1ccc(C(=O)N2CCC3(CC2)NCCn2c(C(F)(F)F)ccc23)cc1F.Cc1cc(C(=O)N2CCC3(CC2)c2ccc(C(=O)C(F)(F)F)n2CCN3C)ccc1-c1ccnn1C.Cc1cc(C(=O)N2CCC3(CC2)c2ccc(C(=O)C4CC4)n2CCN3C)ccc1O.Cc1cc(C(=O)N2CC[C@]3(c4ccc(C(F)(F)F)n4CCN3C)[C@H](F)C2)ccc1OC(C)C.[HH].[HH]. The third kappa shape index (κ3) is 17.9. The molecule has 1 saturated carbocycles. The molecule has 9 aromatic rings. The van der Waals surface area contributed by atoms with Crippen LogP contribution in [0.4, 0.5) is 48.3 Å². The largest absolute Gasteiger partial charge is 0.508 e. The van der Waals surface area contributed by atoms with Gasteiger partial charge in [0.25, 0.3) is 29.4 Å². The highest BCUT2D eigenvalue weighted by molar-refractivity contribution is 6.00. The van der Waals surface area contributed by atoms with Gasteiger partial charge < -0.3 is 57.8 Å². The van der Waals surface area contributed by atoms with E-state index < -0.39 is 64.3 Å². The number of phenolic OH excluding ortho intramolecular Hbond substituents is 1. The number of phenols is 1. The van der Waals surface area contributed by atoms with Crippen LogP contribution in [0.3, 0.4) is 0 Å². The molecule has 1 aliphatic carbocycles. The van der Waals surface area contributed by atoms with E-state index in [0.717, 1.165) is 79.0 Å². The lowest BCUT2D eigenvalue weighted by Crippen LogP contribution is -2.63. The van der Waals surface area contributed by atoms with Crippen LogP contribution >= 0.6 is 0 Å². The number of hydrogen-bond acceptors (Lipinski definition) is 14. The lowest BCUT2D eigenvalue weighted by molar-refractivity contribution is -0.145. The van der Waals surface area contributed by atoms with Crippen LogP contribution in [-0.4, -0.2) is 227 Å². The molecule has 130 heavy (non-hydrogen) atoms. The molecule has 4 amide bonds. The summed E-state index contributed by atoms with van der Waals surface area (Å²) >= 11 is 0. The highest BCUT2D eigenvalue weighted by Crippen LogP contribution is 2.49. The summed E-state index contributed by atoms with van der Waals surface area (Å²) in [4.78, 5) is 90.2. The van der Waals surface area contributed by atoms with Crippen LogP contribution in [0.2, 0.25) is 0 Å². The first-order valence-electron chi connectivity index (χ1n) is 44.4. The Labute approximate surface area is 750 Å². The molecule has 5 fully saturated rings. The topological polar surface area (TPSA) is 213 Å². The van der Waals surface area contributed by atoms with E-state index in [1.807, 2.05) is 83.9 Å². The lowest BCUT2D eigenvalue weighted by atomic mass is 9.79. The van der Waals surface area contributed by atoms with E-state index in [9.17, 15) is 77.8 Å². The van der Waals surface area contributed by atoms with E-state index in [4.69, 9.17) is 9.47 Å². The average Bonchev–Trinajstić information content (AvgIpc) is 1.47. The van der Waals surface area contributed by atoms with Gasteiger partial charge in [0.1, 0.15) is 29.1 Å². The maximum Gasteiger partial charge on any atom is 0.456 e. The van der Waals surface area contributed by atoms with Crippen molar-refractivity contribution in [2.45, 2.75) is 191 Å². The van der Waals surface area contributed by atoms with Crippen molar-refractivity contribution < 1.29 is 94.5 Å². The number of amides is 4. The number of likely N-dealkylation sites (tertiary alicyclic amines) is 4. The molecule has 34 heteroatoms. The van der Waals surface area contributed by atoms with Gasteiger partial charge in [-0.05, 0) is 265 Å². The highest BCUT2D eigenvalue weighted by atomic mass is 19.4. The second-order valence-electron chi connectivity index (χ2n) is 36.4. The Hall–Kier alpha value is -11.1. The predicted octanol–water partition coefficient (Wildman–Crippen LogP) is 16.5. The quantitative estimate of drug-likeness (QED) is 0.0860. The van der Waals surface area contributed by atoms with Crippen LogP contribution in [0.5, 0.6) is 17.2 Å². The molecule has 0 unspecified atom stereocenters. The van der Waals surface area contributed by atoms with E-state index >= 15 is 4.39 Å². The second-order valence-corrected chi connectivity index (χ2v) is 36.4. The number of piperidine rings is 4. The summed E-state index contributed by atoms with van der Waals surface area (Å²) < 4.78 is 169. The van der Waals surface area contributed by atoms with Gasteiger partial charge in [0, 0.05) is 171 Å². The van der Waals surface area contributed by atoms with Crippen molar-refractivity contribution in [2.24, 2.45) is 13.0 Å². The van der Waals surface area contributed by atoms with Crippen molar-refractivity contribution in [3.63, 3.8) is 0 Å². The summed E-state index contributed by atoms with van der Waals surface area (Å²) in [7, 11) is 7.74. The van der Waals surface area contributed by atoms with Crippen LogP contribution in [0, 0.1) is 32.5 Å². The monoisotopic (exact) mass is 1820 g/mol. The molecule has 0 radical (unpaired) electrons. The maximum absolute atomic E-state index is 15.8. The van der Waals surface area contributed by atoms with Gasteiger partial charge in [-0.25, -0.2) is 8.78 Å². The van der Waals surface area contributed by atoms with E-state index in [-0.39, 0.29) is 106 Å². The fourth-order valence-electron chi connectivity index (χ4n) is 20.7. The standard InChI is InChI=1S/C26H28F3N5O2.C24H29F4N3O2.C24H29N3O3.C22H25F4N3O2.2H2/c1-17-16-18(4-5-19(17)20-8-11-30-32(20)3)24(36)33-12-9-25(10-13-33)22-7-6-21(23(35)26(27,28)29)34(22)15-14-31(25)2;1-15(2)33-18-6-5-17(13-16(18)3)22(32)30-10-9-23(19(25)14-30)20-7-8-21(24(26,27)28)31(20)12-11-29(23)4;1-16-15-18(5-7-20(16)28)23(30)26-11-9-24(10-12-26)21-8-6-19(22(29)17-3-4-17)27(21)14-13-25(24)2;1-14(2)31-17-4-3-15(13-16(17)23)20(30)28-10-7-21(8-11-28)18-5-6-19(22(24,25)26)29(18)12-9-27-21;;/h4-8,11,16H,9-10,12-15H2,1-3H3;5-8,13,15,19H,9-12,14H2,1-4H3;5-8,15,17,28H,3-4,9-14H2,1-2H3;3-6,13-14,27H,7-12H2,1-2H3;2*1H/t;19-,23-;;;;/m.1..../s1. The minimum absolute atomic E-state index is 0. The smallest absolute Gasteiger partial charge is 0.456 e. The summed E-state index contributed by atoms with van der Waals surface area (Å²) in [6.07, 6.45) is -7.70. The van der Waals surface area contributed by atoms with Gasteiger partial charge in [-0.15, -0.1) is 0 Å². The Balaban J connectivity index is 0.000000149. The third-order valence-corrected chi connectivity index (χ3v) is 27.9. The minimum atomic E-state index is -4.91. The number of hydrogen-bond donors (Lipinski definition) is 2. The van der Waals surface area contributed by atoms with Crippen molar-refractivity contribution in [3.05, 3.63) is 224 Å². The molecule has 0 bridgehead atoms. The van der Waals surface area contributed by atoms with E-state index in [0.29, 0.717) is 142 Å². The molecule has 13 heterocycles. The Morgan fingerprint density at radius 3 is 1.41 bits per heavy atom. The molecule has 5 aromatic heterocycles. The number of ether oxygens (including phenoxy) is 2. The molecule has 8 aliphatic heterocycles. The van der Waals surface area contributed by atoms with Gasteiger partial charge >= 0.3 is 18.5 Å². The number of carbonyl (C=O) groups is 6. The van der Waals surface area contributed by atoms with E-state index in [1.165, 1.54) is 60.7 Å². The van der Waals surface area contributed by atoms with Crippen molar-refractivity contribution in [1.82, 2.24) is 67.7 Å². The Kier molecular flexibility index (Phi) is 26.1. The number of Topliss-reactive ketones (excluding diaryl/α,β-unsaturated/α-hetero) is 2. The number of carbonyl (C=O) groups excluding carboxylic acids is 6. The van der Waals surface area contributed by atoms with Crippen LogP contribution < -0.4 is 14.8 Å². The number of nitrogens with zero attached hydrogens (tertiary/aromatic N) is 13. The molecule has 18 rings (SSSR count). The van der Waals surface area contributed by atoms with Gasteiger partial charge in [-0.2, -0.15) is 44.6 Å². The Bertz CT molecular complexity index is 5770. The summed E-state index contributed by atoms with van der Waals surface area (Å²) in [6, 6.07) is 34.1. The molecular weight excluding hydrogens is 1700 g/mol. The number of benzene rings is 4. The molecule has 4 aromatic carbocycles. The number of aromatic hydroxyl groups is 1. The maximum atomic E-state index is 15.8. The zero-order valence-electron chi connectivity index (χ0n) is 74.9. The summed E-state index contributed by atoms with van der Waals surface area (Å²) in [5.41, 5.74) is 6.00. The molecule has 23 nitrogen and oxygen atoms in total.